The molecule has 1 aliphatic heterocycles. The lowest BCUT2D eigenvalue weighted by Gasteiger charge is -2.31. The normalized spacial score (nSPS) is 21.9. The summed E-state index contributed by atoms with van der Waals surface area (Å²) in [6.07, 6.45) is -1.63. The van der Waals surface area contributed by atoms with E-state index >= 15 is 0 Å². The Morgan fingerprint density at radius 2 is 2.20 bits per heavy atom. The number of azide groups is 1. The molecule has 0 spiro atoms. The van der Waals surface area contributed by atoms with Gasteiger partial charge in [-0.25, -0.2) is 9.18 Å². The number of piperidine rings is 1. The standard InChI is InChI=1S/C13H15FN4O2/c14-11-6-12(16-17-15)8-18(7-11)13(19)20-9-10-4-2-1-3-5-10/h1-5,11-12H,6-9H2/t11-,12+/m1/s1. The van der Waals surface area contributed by atoms with E-state index in [2.05, 4.69) is 10.0 Å². The van der Waals surface area contributed by atoms with Crippen molar-refractivity contribution in [3.63, 3.8) is 0 Å². The van der Waals surface area contributed by atoms with Gasteiger partial charge in [0.15, 0.2) is 0 Å². The summed E-state index contributed by atoms with van der Waals surface area (Å²) >= 11 is 0. The molecule has 0 N–H and O–H groups in total. The van der Waals surface area contributed by atoms with E-state index in [4.69, 9.17) is 10.3 Å². The van der Waals surface area contributed by atoms with E-state index in [-0.39, 0.29) is 26.1 Å². The van der Waals surface area contributed by atoms with Crippen molar-refractivity contribution in [3.8, 4) is 0 Å². The predicted octanol–water partition coefficient (Wildman–Crippen LogP) is 3.05. The fourth-order valence-electron chi connectivity index (χ4n) is 2.13. The molecule has 7 heteroatoms. The van der Waals surface area contributed by atoms with Crippen LogP contribution in [0, 0.1) is 0 Å². The molecule has 1 fully saturated rings. The zero-order valence-corrected chi connectivity index (χ0v) is 10.9. The van der Waals surface area contributed by atoms with Crippen LogP contribution in [-0.2, 0) is 11.3 Å². The van der Waals surface area contributed by atoms with Gasteiger partial charge >= 0.3 is 6.09 Å². The summed E-state index contributed by atoms with van der Waals surface area (Å²) < 4.78 is 18.6. The Morgan fingerprint density at radius 3 is 2.90 bits per heavy atom. The number of amides is 1. The number of halogens is 1. The first-order valence-corrected chi connectivity index (χ1v) is 6.33. The smallest absolute Gasteiger partial charge is 0.410 e. The number of likely N-dealkylation sites (tertiary alicyclic amines) is 1. The highest BCUT2D eigenvalue weighted by Crippen LogP contribution is 2.17. The number of ether oxygens (including phenoxy) is 1. The van der Waals surface area contributed by atoms with Crippen molar-refractivity contribution in [2.75, 3.05) is 13.1 Å². The molecule has 0 aliphatic carbocycles. The summed E-state index contributed by atoms with van der Waals surface area (Å²) in [7, 11) is 0. The molecule has 1 aliphatic rings. The SMILES string of the molecule is [N-]=[N+]=N[C@H]1C[C@@H](F)CN(C(=O)OCc2ccccc2)C1. The fourth-order valence-corrected chi connectivity index (χ4v) is 2.13. The van der Waals surface area contributed by atoms with Crippen LogP contribution in [0.4, 0.5) is 9.18 Å². The van der Waals surface area contributed by atoms with E-state index in [1.54, 1.807) is 0 Å². The zero-order valence-electron chi connectivity index (χ0n) is 10.9. The van der Waals surface area contributed by atoms with Gasteiger partial charge in [-0.2, -0.15) is 0 Å². The van der Waals surface area contributed by atoms with Gasteiger partial charge in [0.25, 0.3) is 0 Å². The van der Waals surface area contributed by atoms with Crippen molar-refractivity contribution in [1.82, 2.24) is 4.90 Å². The molecule has 0 aromatic heterocycles. The maximum atomic E-state index is 13.5. The van der Waals surface area contributed by atoms with Gasteiger partial charge in [0.05, 0.1) is 12.6 Å². The summed E-state index contributed by atoms with van der Waals surface area (Å²) in [6, 6.07) is 8.70. The number of nitrogens with zero attached hydrogens (tertiary/aromatic N) is 4. The Bertz CT molecular complexity index is 504. The van der Waals surface area contributed by atoms with Gasteiger partial charge < -0.3 is 9.64 Å². The van der Waals surface area contributed by atoms with Crippen LogP contribution < -0.4 is 0 Å². The van der Waals surface area contributed by atoms with Gasteiger partial charge in [-0.1, -0.05) is 35.4 Å². The first-order chi connectivity index (χ1) is 9.69. The minimum Gasteiger partial charge on any atom is -0.445 e. The largest absolute Gasteiger partial charge is 0.445 e. The highest BCUT2D eigenvalue weighted by molar-refractivity contribution is 5.68. The summed E-state index contributed by atoms with van der Waals surface area (Å²) in [4.78, 5) is 15.8. The van der Waals surface area contributed by atoms with Gasteiger partial charge in [0, 0.05) is 11.5 Å². The van der Waals surface area contributed by atoms with Crippen molar-refractivity contribution >= 4 is 6.09 Å². The third-order valence-corrected chi connectivity index (χ3v) is 3.06. The molecule has 0 saturated carbocycles. The van der Waals surface area contributed by atoms with Crippen LogP contribution in [0.25, 0.3) is 10.4 Å². The highest BCUT2D eigenvalue weighted by Gasteiger charge is 2.30. The lowest BCUT2D eigenvalue weighted by atomic mass is 10.1. The average molecular weight is 278 g/mol. The summed E-state index contributed by atoms with van der Waals surface area (Å²) in [5, 5.41) is 3.48. The Morgan fingerprint density at radius 1 is 1.45 bits per heavy atom. The molecule has 0 bridgehead atoms. The van der Waals surface area contributed by atoms with Crippen molar-refractivity contribution < 1.29 is 13.9 Å². The molecule has 1 aromatic rings. The van der Waals surface area contributed by atoms with Crippen molar-refractivity contribution in [1.29, 1.82) is 0 Å². The molecular formula is C13H15FN4O2. The number of carbonyl (C=O) groups excluding carboxylic acids is 1. The molecule has 6 nitrogen and oxygen atoms in total. The van der Waals surface area contributed by atoms with Gasteiger partial charge in [0.2, 0.25) is 0 Å². The van der Waals surface area contributed by atoms with Crippen molar-refractivity contribution in [3.05, 3.63) is 46.3 Å². The van der Waals surface area contributed by atoms with E-state index < -0.39 is 18.3 Å². The molecule has 2 atom stereocenters. The molecule has 1 saturated heterocycles. The monoisotopic (exact) mass is 278 g/mol. The second-order valence-corrected chi connectivity index (χ2v) is 4.64. The van der Waals surface area contributed by atoms with Crippen LogP contribution in [-0.4, -0.2) is 36.3 Å². The van der Waals surface area contributed by atoms with Crippen LogP contribution in [0.15, 0.2) is 35.4 Å². The maximum Gasteiger partial charge on any atom is 0.410 e. The van der Waals surface area contributed by atoms with Crippen molar-refractivity contribution in [2.24, 2.45) is 5.11 Å². The van der Waals surface area contributed by atoms with Crippen LogP contribution in [0.1, 0.15) is 12.0 Å². The molecule has 1 amide bonds. The van der Waals surface area contributed by atoms with Gasteiger partial charge in [-0.15, -0.1) is 0 Å². The van der Waals surface area contributed by atoms with E-state index in [0.717, 1.165) is 5.56 Å². The third-order valence-electron chi connectivity index (χ3n) is 3.06. The van der Waals surface area contributed by atoms with E-state index in [9.17, 15) is 9.18 Å². The molecule has 2 rings (SSSR count). The number of carbonyl (C=O) groups is 1. The summed E-state index contributed by atoms with van der Waals surface area (Å²) in [5.74, 6) is 0. The quantitative estimate of drug-likeness (QED) is 0.484. The number of hydrogen-bond donors (Lipinski definition) is 0. The Labute approximate surface area is 115 Å². The average Bonchev–Trinajstić information content (AvgIpc) is 2.45. The number of benzene rings is 1. The summed E-state index contributed by atoms with van der Waals surface area (Å²) in [5.41, 5.74) is 9.25. The van der Waals surface area contributed by atoms with E-state index in [1.807, 2.05) is 30.3 Å². The molecule has 1 heterocycles. The number of alkyl halides is 1. The number of hydrogen-bond acceptors (Lipinski definition) is 3. The topological polar surface area (TPSA) is 78.3 Å². The predicted molar refractivity (Wildman–Crippen MR) is 70.6 cm³/mol. The number of rotatable bonds is 3. The lowest BCUT2D eigenvalue weighted by molar-refractivity contribution is 0.0666. The first-order valence-electron chi connectivity index (χ1n) is 6.33. The molecule has 20 heavy (non-hydrogen) atoms. The van der Waals surface area contributed by atoms with Crippen LogP contribution in [0.5, 0.6) is 0 Å². The van der Waals surface area contributed by atoms with Crippen LogP contribution in [0.2, 0.25) is 0 Å². The maximum absolute atomic E-state index is 13.5. The van der Waals surface area contributed by atoms with Gasteiger partial charge in [-0.05, 0) is 17.5 Å². The Hall–Kier alpha value is -2.27. The Balaban J connectivity index is 1.89. The molecule has 0 radical (unpaired) electrons. The Kier molecular flexibility index (Phi) is 4.79. The fraction of sp³-hybridized carbons (Fsp3) is 0.462. The van der Waals surface area contributed by atoms with Crippen LogP contribution in [0.3, 0.4) is 0 Å². The minimum absolute atomic E-state index is 0.0227. The lowest BCUT2D eigenvalue weighted by Crippen LogP contribution is -2.46. The van der Waals surface area contributed by atoms with Crippen molar-refractivity contribution in [2.45, 2.75) is 25.2 Å². The molecule has 106 valence electrons. The molecule has 1 aromatic carbocycles. The van der Waals surface area contributed by atoms with E-state index in [1.165, 1.54) is 4.90 Å². The van der Waals surface area contributed by atoms with Gasteiger partial charge in [-0.3, -0.25) is 0 Å². The molecular weight excluding hydrogens is 263 g/mol. The van der Waals surface area contributed by atoms with Crippen LogP contribution >= 0.6 is 0 Å². The minimum atomic E-state index is -1.19. The first kappa shape index (κ1) is 14.1. The highest BCUT2D eigenvalue weighted by atomic mass is 19.1. The zero-order chi connectivity index (χ0) is 14.4. The van der Waals surface area contributed by atoms with Gasteiger partial charge in [0.1, 0.15) is 12.8 Å². The van der Waals surface area contributed by atoms with E-state index in [0.29, 0.717) is 0 Å². The molecule has 0 unspecified atom stereocenters. The third kappa shape index (κ3) is 3.86. The second-order valence-electron chi connectivity index (χ2n) is 4.64. The second kappa shape index (κ2) is 6.77. The summed E-state index contributed by atoms with van der Waals surface area (Å²) in [6.45, 7) is 0.308.